The molecule has 3 unspecified atom stereocenters. The molecule has 3 atom stereocenters. The van der Waals surface area contributed by atoms with Gasteiger partial charge in [0.25, 0.3) is 0 Å². The molecule has 1 fully saturated rings. The summed E-state index contributed by atoms with van der Waals surface area (Å²) in [5, 5.41) is 21.1. The molecule has 3 N–H and O–H groups in total. The highest BCUT2D eigenvalue weighted by Gasteiger charge is 2.26. The lowest BCUT2D eigenvalue weighted by molar-refractivity contribution is -0.141. The van der Waals surface area contributed by atoms with E-state index in [1.165, 1.54) is 0 Å². The van der Waals surface area contributed by atoms with E-state index in [0.29, 0.717) is 38.9 Å². The number of carboxylic acids is 1. The van der Waals surface area contributed by atoms with Gasteiger partial charge in [-0.25, -0.2) is 4.79 Å². The number of hydrogen-bond acceptors (Lipinski definition) is 3. The van der Waals surface area contributed by atoms with E-state index in [9.17, 15) is 14.7 Å². The van der Waals surface area contributed by atoms with Crippen LogP contribution in [0.3, 0.4) is 0 Å². The fraction of sp³-hybridized carbons (Fsp3) is 0.846. The molecule has 0 radical (unpaired) electrons. The van der Waals surface area contributed by atoms with Crippen molar-refractivity contribution in [1.82, 2.24) is 10.2 Å². The quantitative estimate of drug-likeness (QED) is 0.649. The third-order valence-corrected chi connectivity index (χ3v) is 3.66. The van der Waals surface area contributed by atoms with Crippen molar-refractivity contribution in [2.45, 2.75) is 39.2 Å². The predicted octanol–water partition coefficient (Wildman–Crippen LogP) is 0.900. The van der Waals surface area contributed by atoms with Gasteiger partial charge in [0.2, 0.25) is 0 Å². The predicted molar refractivity (Wildman–Crippen MR) is 70.8 cm³/mol. The highest BCUT2D eigenvalue weighted by atomic mass is 16.4. The smallest absolute Gasteiger partial charge is 0.317 e. The Bertz CT molecular complexity index is 322. The lowest BCUT2D eigenvalue weighted by Crippen LogP contribution is -2.49. The number of nitrogens with zero attached hydrogens (tertiary/aromatic N) is 1. The van der Waals surface area contributed by atoms with E-state index in [1.807, 2.05) is 6.92 Å². The summed E-state index contributed by atoms with van der Waals surface area (Å²) in [5.41, 5.74) is 0. The van der Waals surface area contributed by atoms with Crippen LogP contribution in [-0.2, 0) is 4.79 Å². The molecule has 0 aliphatic carbocycles. The summed E-state index contributed by atoms with van der Waals surface area (Å²) in [6.07, 6.45) is 1.51. The van der Waals surface area contributed by atoms with Crippen LogP contribution in [0, 0.1) is 11.8 Å². The molecule has 0 aromatic carbocycles. The van der Waals surface area contributed by atoms with Gasteiger partial charge in [-0.15, -0.1) is 0 Å². The Kier molecular flexibility index (Phi) is 6.08. The molecule has 1 aliphatic heterocycles. The zero-order valence-corrected chi connectivity index (χ0v) is 11.6. The Hall–Kier alpha value is -1.30. The molecule has 1 heterocycles. The number of aliphatic carboxylic acids is 1. The van der Waals surface area contributed by atoms with Crippen LogP contribution in [0.2, 0.25) is 0 Å². The number of urea groups is 1. The standard InChI is InChI=1S/C13H24N2O4/c1-9(12(17)18)4-3-6-14-13(19)15-7-5-11(16)10(2)8-15/h9-11,16H,3-8H2,1-2H3,(H,14,19)(H,17,18). The van der Waals surface area contributed by atoms with Crippen molar-refractivity contribution in [3.8, 4) is 0 Å². The first-order valence-electron chi connectivity index (χ1n) is 6.85. The minimum absolute atomic E-state index is 0.103. The van der Waals surface area contributed by atoms with Gasteiger partial charge in [-0.1, -0.05) is 13.8 Å². The first-order chi connectivity index (χ1) is 8.91. The van der Waals surface area contributed by atoms with Crippen molar-refractivity contribution in [3.63, 3.8) is 0 Å². The van der Waals surface area contributed by atoms with E-state index in [1.54, 1.807) is 11.8 Å². The first kappa shape index (κ1) is 15.8. The van der Waals surface area contributed by atoms with Gasteiger partial charge in [0.15, 0.2) is 0 Å². The molecule has 0 bridgehead atoms. The maximum atomic E-state index is 11.8. The fourth-order valence-electron chi connectivity index (χ4n) is 2.16. The number of carbonyl (C=O) groups excluding carboxylic acids is 1. The highest BCUT2D eigenvalue weighted by molar-refractivity contribution is 5.74. The summed E-state index contributed by atoms with van der Waals surface area (Å²) >= 11 is 0. The van der Waals surface area contributed by atoms with Gasteiger partial charge < -0.3 is 20.4 Å². The van der Waals surface area contributed by atoms with Crippen LogP contribution in [0.25, 0.3) is 0 Å². The van der Waals surface area contributed by atoms with Crippen LogP contribution in [0.5, 0.6) is 0 Å². The molecule has 0 saturated carbocycles. The van der Waals surface area contributed by atoms with Crippen LogP contribution in [0.15, 0.2) is 0 Å². The summed E-state index contributed by atoms with van der Waals surface area (Å²) in [6, 6.07) is -0.123. The second kappa shape index (κ2) is 7.33. The lowest BCUT2D eigenvalue weighted by Gasteiger charge is -2.34. The number of carbonyl (C=O) groups is 2. The van der Waals surface area contributed by atoms with Crippen LogP contribution in [0.1, 0.15) is 33.1 Å². The molecular weight excluding hydrogens is 248 g/mol. The Morgan fingerprint density at radius 2 is 2.16 bits per heavy atom. The number of nitrogens with one attached hydrogen (secondary N) is 1. The largest absolute Gasteiger partial charge is 0.481 e. The van der Waals surface area contributed by atoms with Crippen LogP contribution >= 0.6 is 0 Å². The normalized spacial score (nSPS) is 24.9. The molecule has 0 spiro atoms. The maximum absolute atomic E-state index is 11.8. The van der Waals surface area contributed by atoms with Gasteiger partial charge in [0.05, 0.1) is 12.0 Å². The Labute approximate surface area is 113 Å². The number of aliphatic hydroxyl groups excluding tert-OH is 1. The van der Waals surface area contributed by atoms with Gasteiger partial charge in [-0.2, -0.15) is 0 Å². The van der Waals surface area contributed by atoms with Crippen LogP contribution < -0.4 is 5.32 Å². The Balaban J connectivity index is 2.19. The second-order valence-corrected chi connectivity index (χ2v) is 5.39. The summed E-state index contributed by atoms with van der Waals surface area (Å²) in [5.74, 6) is -1.07. The minimum Gasteiger partial charge on any atom is -0.481 e. The fourth-order valence-corrected chi connectivity index (χ4v) is 2.16. The summed E-state index contributed by atoms with van der Waals surface area (Å²) in [6.45, 7) is 5.22. The monoisotopic (exact) mass is 272 g/mol. The average molecular weight is 272 g/mol. The first-order valence-corrected chi connectivity index (χ1v) is 6.85. The number of rotatable bonds is 5. The zero-order chi connectivity index (χ0) is 14.4. The van der Waals surface area contributed by atoms with Gasteiger partial charge >= 0.3 is 12.0 Å². The van der Waals surface area contributed by atoms with Crippen molar-refractivity contribution >= 4 is 12.0 Å². The number of aliphatic hydroxyl groups is 1. The van der Waals surface area contributed by atoms with Gasteiger partial charge in [-0.05, 0) is 25.2 Å². The molecule has 1 saturated heterocycles. The average Bonchev–Trinajstić information content (AvgIpc) is 2.37. The number of piperidine rings is 1. The second-order valence-electron chi connectivity index (χ2n) is 5.39. The van der Waals surface area contributed by atoms with E-state index in [4.69, 9.17) is 5.11 Å². The molecule has 2 amide bonds. The van der Waals surface area contributed by atoms with Crippen molar-refractivity contribution in [2.75, 3.05) is 19.6 Å². The van der Waals surface area contributed by atoms with Gasteiger partial charge in [0.1, 0.15) is 0 Å². The topological polar surface area (TPSA) is 89.9 Å². The van der Waals surface area contributed by atoms with Crippen LogP contribution in [0.4, 0.5) is 4.79 Å². The maximum Gasteiger partial charge on any atom is 0.317 e. The third kappa shape index (κ3) is 5.06. The van der Waals surface area contributed by atoms with Crippen molar-refractivity contribution in [3.05, 3.63) is 0 Å². The molecule has 0 aromatic rings. The van der Waals surface area contributed by atoms with E-state index >= 15 is 0 Å². The van der Waals surface area contributed by atoms with E-state index < -0.39 is 5.97 Å². The Morgan fingerprint density at radius 3 is 2.74 bits per heavy atom. The molecular formula is C13H24N2O4. The Morgan fingerprint density at radius 1 is 1.47 bits per heavy atom. The van der Waals surface area contributed by atoms with Crippen LogP contribution in [-0.4, -0.2) is 52.9 Å². The SMILES string of the molecule is CC(CCCNC(=O)N1CCC(O)C(C)C1)C(=O)O. The van der Waals surface area contributed by atoms with E-state index in [0.717, 1.165) is 0 Å². The summed E-state index contributed by atoms with van der Waals surface area (Å²) in [7, 11) is 0. The van der Waals surface area contributed by atoms with Gasteiger partial charge in [-0.3, -0.25) is 4.79 Å². The number of amides is 2. The molecule has 6 heteroatoms. The van der Waals surface area contributed by atoms with Gasteiger partial charge in [0, 0.05) is 19.6 Å². The van der Waals surface area contributed by atoms with Crippen molar-refractivity contribution in [1.29, 1.82) is 0 Å². The zero-order valence-electron chi connectivity index (χ0n) is 11.6. The molecule has 1 rings (SSSR count). The van der Waals surface area contributed by atoms with Crippen molar-refractivity contribution < 1.29 is 19.8 Å². The number of hydrogen-bond donors (Lipinski definition) is 3. The van der Waals surface area contributed by atoms with E-state index in [2.05, 4.69) is 5.32 Å². The number of likely N-dealkylation sites (tertiary alicyclic amines) is 1. The minimum atomic E-state index is -0.801. The molecule has 19 heavy (non-hydrogen) atoms. The summed E-state index contributed by atoms with van der Waals surface area (Å²) < 4.78 is 0. The lowest BCUT2D eigenvalue weighted by atomic mass is 9.97. The van der Waals surface area contributed by atoms with E-state index in [-0.39, 0.29) is 24.0 Å². The molecule has 6 nitrogen and oxygen atoms in total. The molecule has 110 valence electrons. The molecule has 0 aromatic heterocycles. The highest BCUT2D eigenvalue weighted by Crippen LogP contribution is 2.16. The number of carboxylic acid groups (broad SMARTS) is 1. The third-order valence-electron chi connectivity index (χ3n) is 3.66. The van der Waals surface area contributed by atoms with Crippen molar-refractivity contribution in [2.24, 2.45) is 11.8 Å². The molecule has 1 aliphatic rings. The summed E-state index contributed by atoms with van der Waals surface area (Å²) in [4.78, 5) is 24.2.